The second kappa shape index (κ2) is 7.58. The summed E-state index contributed by atoms with van der Waals surface area (Å²) in [5, 5.41) is 6.13. The number of aryl methyl sites for hydroxylation is 1. The van der Waals surface area contributed by atoms with Crippen LogP contribution in [0, 0.1) is 12.7 Å². The van der Waals surface area contributed by atoms with Gasteiger partial charge >= 0.3 is 0 Å². The summed E-state index contributed by atoms with van der Waals surface area (Å²) in [6.45, 7) is 1.17. The molecule has 1 amide bonds. The molecule has 1 N–H and O–H groups in total. The van der Waals surface area contributed by atoms with Crippen LogP contribution in [0.15, 0.2) is 70.1 Å². The molecule has 0 spiro atoms. The number of nitrogens with one attached hydrogen (secondary N) is 1. The van der Waals surface area contributed by atoms with Crippen LogP contribution in [0.5, 0.6) is 0 Å². The largest absolute Gasteiger partial charge is 0.360 e. The quantitative estimate of drug-likeness (QED) is 0.700. The summed E-state index contributed by atoms with van der Waals surface area (Å²) in [7, 11) is -4.09. The van der Waals surface area contributed by atoms with Gasteiger partial charge in [0.2, 0.25) is 5.91 Å². The summed E-state index contributed by atoms with van der Waals surface area (Å²) in [4.78, 5) is 12.3. The Morgan fingerprint density at radius 1 is 1.15 bits per heavy atom. The Morgan fingerprint density at radius 3 is 2.41 bits per heavy atom. The van der Waals surface area contributed by atoms with E-state index in [0.717, 1.165) is 28.6 Å². The molecule has 0 aliphatic carbocycles. The minimum absolute atomic E-state index is 0.127. The van der Waals surface area contributed by atoms with Crippen LogP contribution in [0.25, 0.3) is 0 Å². The number of para-hydroxylation sites is 1. The fourth-order valence-corrected chi connectivity index (χ4v) is 3.80. The van der Waals surface area contributed by atoms with E-state index in [1.54, 1.807) is 37.3 Å². The van der Waals surface area contributed by atoms with Crippen molar-refractivity contribution in [3.8, 4) is 0 Å². The number of aromatic nitrogens is 1. The number of sulfonamides is 1. The minimum atomic E-state index is -4.09. The van der Waals surface area contributed by atoms with Crippen LogP contribution in [-0.2, 0) is 14.8 Å². The molecule has 1 aromatic heterocycles. The molecule has 7 nitrogen and oxygen atoms in total. The number of carbonyl (C=O) groups excluding carboxylic acids is 1. The third-order valence-electron chi connectivity index (χ3n) is 3.63. The molecule has 0 aliphatic rings. The molecule has 140 valence electrons. The molecule has 0 fully saturated rings. The Morgan fingerprint density at radius 2 is 1.81 bits per heavy atom. The molecule has 1 heterocycles. The van der Waals surface area contributed by atoms with Crippen molar-refractivity contribution < 1.29 is 22.1 Å². The molecule has 2 aromatic carbocycles. The lowest BCUT2D eigenvalue weighted by Gasteiger charge is -2.23. The molecule has 0 unspecified atom stereocenters. The summed E-state index contributed by atoms with van der Waals surface area (Å²) in [6, 6.07) is 14.1. The number of halogens is 1. The highest BCUT2D eigenvalue weighted by atomic mass is 32.2. The fourth-order valence-electron chi connectivity index (χ4n) is 2.38. The lowest BCUT2D eigenvalue weighted by atomic mass is 10.3. The smallest absolute Gasteiger partial charge is 0.264 e. The molecule has 3 rings (SSSR count). The second-order valence-electron chi connectivity index (χ2n) is 5.67. The number of hydrogen-bond acceptors (Lipinski definition) is 5. The van der Waals surface area contributed by atoms with Gasteiger partial charge in [0.05, 0.1) is 10.6 Å². The Kier molecular flexibility index (Phi) is 5.22. The van der Waals surface area contributed by atoms with Crippen molar-refractivity contribution in [2.45, 2.75) is 11.8 Å². The van der Waals surface area contributed by atoms with Crippen molar-refractivity contribution in [1.82, 2.24) is 5.16 Å². The highest BCUT2D eigenvalue weighted by molar-refractivity contribution is 7.92. The molecule has 0 atom stereocenters. The summed E-state index contributed by atoms with van der Waals surface area (Å²) >= 11 is 0. The molecule has 0 saturated carbocycles. The molecular weight excluding hydrogens is 373 g/mol. The topological polar surface area (TPSA) is 92.5 Å². The number of carbonyl (C=O) groups is 1. The van der Waals surface area contributed by atoms with Gasteiger partial charge < -0.3 is 9.84 Å². The molecule has 3 aromatic rings. The van der Waals surface area contributed by atoms with Crippen molar-refractivity contribution >= 4 is 27.4 Å². The van der Waals surface area contributed by atoms with E-state index in [1.165, 1.54) is 6.07 Å². The Balaban J connectivity index is 1.91. The van der Waals surface area contributed by atoms with Crippen molar-refractivity contribution in [1.29, 1.82) is 0 Å². The maximum Gasteiger partial charge on any atom is 0.264 e. The van der Waals surface area contributed by atoms with Crippen LogP contribution in [-0.4, -0.2) is 26.0 Å². The first-order valence-corrected chi connectivity index (χ1v) is 9.37. The van der Waals surface area contributed by atoms with Gasteiger partial charge in [0.1, 0.15) is 18.1 Å². The first-order valence-electron chi connectivity index (χ1n) is 7.93. The lowest BCUT2D eigenvalue weighted by molar-refractivity contribution is -0.114. The fraction of sp³-hybridized carbons (Fsp3) is 0.111. The lowest BCUT2D eigenvalue weighted by Crippen LogP contribution is -2.38. The van der Waals surface area contributed by atoms with Crippen molar-refractivity contribution in [3.63, 3.8) is 0 Å². The van der Waals surface area contributed by atoms with Crippen molar-refractivity contribution in [3.05, 3.63) is 72.2 Å². The molecule has 9 heteroatoms. The standard InChI is InChI=1S/C18H16FN3O4S/c1-13-11-17(21-26-13)20-18(23)12-22(15-5-3-2-4-6-15)27(24,25)16-9-7-14(19)8-10-16/h2-11H,12H2,1H3,(H,20,21,23). The van der Waals surface area contributed by atoms with Gasteiger partial charge in [0.15, 0.2) is 5.82 Å². The molecule has 0 aliphatic heterocycles. The van der Waals surface area contributed by atoms with Gasteiger partial charge in [-0.05, 0) is 43.3 Å². The minimum Gasteiger partial charge on any atom is -0.360 e. The molecule has 0 bridgehead atoms. The first kappa shape index (κ1) is 18.6. The van der Waals surface area contributed by atoms with Gasteiger partial charge in [-0.2, -0.15) is 0 Å². The second-order valence-corrected chi connectivity index (χ2v) is 7.53. The van der Waals surface area contributed by atoms with Crippen LogP contribution in [0.3, 0.4) is 0 Å². The van der Waals surface area contributed by atoms with Crippen LogP contribution >= 0.6 is 0 Å². The van der Waals surface area contributed by atoms with Gasteiger partial charge in [-0.25, -0.2) is 12.8 Å². The highest BCUT2D eigenvalue weighted by Crippen LogP contribution is 2.23. The Hall–Kier alpha value is -3.20. The molecule has 0 saturated heterocycles. The number of amides is 1. The van der Waals surface area contributed by atoms with E-state index in [-0.39, 0.29) is 10.7 Å². The van der Waals surface area contributed by atoms with E-state index in [4.69, 9.17) is 4.52 Å². The zero-order chi connectivity index (χ0) is 19.4. The van der Waals surface area contributed by atoms with Crippen LogP contribution in [0.1, 0.15) is 5.76 Å². The third-order valence-corrected chi connectivity index (χ3v) is 5.42. The maximum absolute atomic E-state index is 13.2. The molecule has 27 heavy (non-hydrogen) atoms. The van der Waals surface area contributed by atoms with E-state index in [9.17, 15) is 17.6 Å². The third kappa shape index (κ3) is 4.32. The summed E-state index contributed by atoms with van der Waals surface area (Å²) in [6.07, 6.45) is 0. The van der Waals surface area contributed by atoms with Gasteiger partial charge in [-0.1, -0.05) is 23.4 Å². The van der Waals surface area contributed by atoms with E-state index in [0.29, 0.717) is 11.4 Å². The average molecular weight is 389 g/mol. The number of rotatable bonds is 6. The number of anilines is 2. The number of nitrogens with zero attached hydrogens (tertiary/aromatic N) is 2. The van der Waals surface area contributed by atoms with E-state index in [2.05, 4.69) is 10.5 Å². The number of hydrogen-bond donors (Lipinski definition) is 1. The van der Waals surface area contributed by atoms with Crippen molar-refractivity contribution in [2.24, 2.45) is 0 Å². The summed E-state index contributed by atoms with van der Waals surface area (Å²) < 4.78 is 45.0. The zero-order valence-corrected chi connectivity index (χ0v) is 15.1. The highest BCUT2D eigenvalue weighted by Gasteiger charge is 2.27. The predicted molar refractivity (Wildman–Crippen MR) is 97.2 cm³/mol. The average Bonchev–Trinajstić information content (AvgIpc) is 3.05. The van der Waals surface area contributed by atoms with E-state index in [1.807, 2.05) is 0 Å². The monoisotopic (exact) mass is 389 g/mol. The van der Waals surface area contributed by atoms with Crippen molar-refractivity contribution in [2.75, 3.05) is 16.2 Å². The SMILES string of the molecule is Cc1cc(NC(=O)CN(c2ccccc2)S(=O)(=O)c2ccc(F)cc2)no1. The number of benzene rings is 2. The first-order chi connectivity index (χ1) is 12.9. The Bertz CT molecular complexity index is 1030. The van der Waals surface area contributed by atoms with Gasteiger partial charge in [-0.15, -0.1) is 0 Å². The zero-order valence-electron chi connectivity index (χ0n) is 14.3. The van der Waals surface area contributed by atoms with Crippen LogP contribution in [0.4, 0.5) is 15.9 Å². The van der Waals surface area contributed by atoms with Gasteiger partial charge in [0.25, 0.3) is 10.0 Å². The van der Waals surface area contributed by atoms with Crippen LogP contribution in [0.2, 0.25) is 0 Å². The van der Waals surface area contributed by atoms with E-state index < -0.39 is 28.3 Å². The van der Waals surface area contributed by atoms with Gasteiger partial charge in [0, 0.05) is 6.07 Å². The normalized spacial score (nSPS) is 11.2. The summed E-state index contributed by atoms with van der Waals surface area (Å²) in [5.74, 6) is -0.467. The van der Waals surface area contributed by atoms with E-state index >= 15 is 0 Å². The maximum atomic E-state index is 13.2. The Labute approximate surface area is 155 Å². The molecule has 0 radical (unpaired) electrons. The molecular formula is C18H16FN3O4S. The van der Waals surface area contributed by atoms with Crippen LogP contribution < -0.4 is 9.62 Å². The van der Waals surface area contributed by atoms with Gasteiger partial charge in [-0.3, -0.25) is 9.10 Å². The summed E-state index contributed by atoms with van der Waals surface area (Å²) in [5.41, 5.74) is 0.299. The predicted octanol–water partition coefficient (Wildman–Crippen LogP) is 2.96.